The zero-order chi connectivity index (χ0) is 15.4. The summed E-state index contributed by atoms with van der Waals surface area (Å²) in [4.78, 5) is 0. The Balaban J connectivity index is 2.45. The molecule has 2 aromatic carbocycles. The molecule has 21 heavy (non-hydrogen) atoms. The van der Waals surface area contributed by atoms with Gasteiger partial charge >= 0.3 is 6.61 Å². The molecule has 0 amide bonds. The van der Waals surface area contributed by atoms with Crippen LogP contribution in [0.1, 0.15) is 30.9 Å². The monoisotopic (exact) mass is 287 g/mol. The third kappa shape index (κ3) is 3.57. The number of halogens is 2. The average Bonchev–Trinajstić information content (AvgIpc) is 2.46. The molecule has 0 saturated carbocycles. The van der Waals surface area contributed by atoms with Gasteiger partial charge in [0.15, 0.2) is 0 Å². The molecule has 0 spiro atoms. The van der Waals surface area contributed by atoms with Gasteiger partial charge in [0.2, 0.25) is 0 Å². The standard InChI is InChI=1S/C17H15F2NO/c1-11(2)12-4-3-5-13(8-12)14-6-7-15(10-20)16(9-14)21-17(18)19/h3-9,11,17H,1-2H3. The lowest BCUT2D eigenvalue weighted by Crippen LogP contribution is -2.03. The minimum absolute atomic E-state index is 0.0964. The van der Waals surface area contributed by atoms with Gasteiger partial charge in [0.05, 0.1) is 5.56 Å². The molecule has 0 radical (unpaired) electrons. The molecule has 0 aliphatic heterocycles. The van der Waals surface area contributed by atoms with E-state index in [1.54, 1.807) is 6.07 Å². The topological polar surface area (TPSA) is 33.0 Å². The Labute approximate surface area is 122 Å². The molecule has 2 aromatic rings. The van der Waals surface area contributed by atoms with Crippen molar-refractivity contribution >= 4 is 0 Å². The summed E-state index contributed by atoms with van der Waals surface area (Å²) in [7, 11) is 0. The molecule has 2 rings (SSSR count). The van der Waals surface area contributed by atoms with Gasteiger partial charge in [0.1, 0.15) is 11.8 Å². The fourth-order valence-electron chi connectivity index (χ4n) is 2.07. The van der Waals surface area contributed by atoms with Crippen molar-refractivity contribution in [3.05, 3.63) is 53.6 Å². The SMILES string of the molecule is CC(C)c1cccc(-c2ccc(C#N)c(OC(F)F)c2)c1. The summed E-state index contributed by atoms with van der Waals surface area (Å²) >= 11 is 0. The van der Waals surface area contributed by atoms with Crippen LogP contribution in [0, 0.1) is 11.3 Å². The molecule has 0 unspecified atom stereocenters. The van der Waals surface area contributed by atoms with Crippen LogP contribution in [0.2, 0.25) is 0 Å². The normalized spacial score (nSPS) is 10.7. The molecule has 4 heteroatoms. The molecule has 0 aliphatic rings. The largest absolute Gasteiger partial charge is 0.433 e. The van der Waals surface area contributed by atoms with Crippen LogP contribution in [-0.4, -0.2) is 6.61 Å². The first-order chi connectivity index (χ1) is 10.0. The van der Waals surface area contributed by atoms with E-state index >= 15 is 0 Å². The van der Waals surface area contributed by atoms with Gasteiger partial charge in [-0.15, -0.1) is 0 Å². The smallest absolute Gasteiger partial charge is 0.387 e. The van der Waals surface area contributed by atoms with Crippen molar-refractivity contribution in [2.24, 2.45) is 0 Å². The van der Waals surface area contributed by atoms with E-state index in [1.807, 2.05) is 30.3 Å². The third-order valence-electron chi connectivity index (χ3n) is 3.20. The van der Waals surface area contributed by atoms with Crippen LogP contribution in [0.15, 0.2) is 42.5 Å². The molecule has 0 bridgehead atoms. The number of ether oxygens (including phenoxy) is 1. The van der Waals surface area contributed by atoms with Gasteiger partial charge in [0, 0.05) is 0 Å². The second-order valence-electron chi connectivity index (χ2n) is 4.98. The van der Waals surface area contributed by atoms with E-state index in [-0.39, 0.29) is 11.3 Å². The Kier molecular flexibility index (Phi) is 4.54. The number of nitrogens with zero attached hydrogens (tertiary/aromatic N) is 1. The van der Waals surface area contributed by atoms with E-state index < -0.39 is 6.61 Å². The maximum Gasteiger partial charge on any atom is 0.387 e. The van der Waals surface area contributed by atoms with Gasteiger partial charge in [-0.2, -0.15) is 14.0 Å². The Hall–Kier alpha value is -2.41. The summed E-state index contributed by atoms with van der Waals surface area (Å²) in [6.07, 6.45) is 0. The Morgan fingerprint density at radius 3 is 2.38 bits per heavy atom. The molecule has 0 aliphatic carbocycles. The molecule has 0 aromatic heterocycles. The highest BCUT2D eigenvalue weighted by atomic mass is 19.3. The Morgan fingerprint density at radius 1 is 1.05 bits per heavy atom. The van der Waals surface area contributed by atoms with Crippen molar-refractivity contribution in [3.63, 3.8) is 0 Å². The van der Waals surface area contributed by atoms with Crippen LogP contribution in [-0.2, 0) is 0 Å². The summed E-state index contributed by atoms with van der Waals surface area (Å²) in [6, 6.07) is 14.4. The lowest BCUT2D eigenvalue weighted by atomic mass is 9.97. The van der Waals surface area contributed by atoms with E-state index in [1.165, 1.54) is 12.1 Å². The predicted octanol–water partition coefficient (Wildman–Crippen LogP) is 4.95. The van der Waals surface area contributed by atoms with Gasteiger partial charge < -0.3 is 4.74 Å². The lowest BCUT2D eigenvalue weighted by Gasteiger charge is -2.11. The zero-order valence-electron chi connectivity index (χ0n) is 11.8. The lowest BCUT2D eigenvalue weighted by molar-refractivity contribution is -0.0500. The van der Waals surface area contributed by atoms with Crippen molar-refractivity contribution in [2.45, 2.75) is 26.4 Å². The van der Waals surface area contributed by atoms with Crippen molar-refractivity contribution in [1.82, 2.24) is 0 Å². The molecule has 0 saturated heterocycles. The summed E-state index contributed by atoms with van der Waals surface area (Å²) in [5.74, 6) is 0.278. The molecule has 0 atom stereocenters. The summed E-state index contributed by atoms with van der Waals surface area (Å²) < 4.78 is 29.2. The minimum atomic E-state index is -2.95. The first-order valence-corrected chi connectivity index (χ1v) is 6.60. The number of benzene rings is 2. The van der Waals surface area contributed by atoms with E-state index in [0.717, 1.165) is 16.7 Å². The Bertz CT molecular complexity index is 675. The second-order valence-corrected chi connectivity index (χ2v) is 4.98. The summed E-state index contributed by atoms with van der Waals surface area (Å²) in [5.41, 5.74) is 2.91. The summed E-state index contributed by atoms with van der Waals surface area (Å²) in [6.45, 7) is 1.22. The van der Waals surface area contributed by atoms with Crippen LogP contribution >= 0.6 is 0 Å². The molecule has 108 valence electrons. The zero-order valence-corrected chi connectivity index (χ0v) is 11.8. The predicted molar refractivity (Wildman–Crippen MR) is 77.3 cm³/mol. The van der Waals surface area contributed by atoms with Gasteiger partial charge in [-0.05, 0) is 34.7 Å². The van der Waals surface area contributed by atoms with E-state index in [4.69, 9.17) is 5.26 Å². The van der Waals surface area contributed by atoms with Crippen molar-refractivity contribution in [1.29, 1.82) is 5.26 Å². The number of rotatable bonds is 4. The van der Waals surface area contributed by atoms with Crippen LogP contribution < -0.4 is 4.74 Å². The third-order valence-corrected chi connectivity index (χ3v) is 3.20. The fourth-order valence-corrected chi connectivity index (χ4v) is 2.07. The van der Waals surface area contributed by atoms with Gasteiger partial charge in [-0.1, -0.05) is 44.2 Å². The second kappa shape index (κ2) is 6.36. The van der Waals surface area contributed by atoms with Crippen molar-refractivity contribution in [2.75, 3.05) is 0 Å². The molecule has 0 fully saturated rings. The quantitative estimate of drug-likeness (QED) is 0.797. The van der Waals surface area contributed by atoms with Gasteiger partial charge in [-0.3, -0.25) is 0 Å². The number of hydrogen-bond donors (Lipinski definition) is 0. The maximum absolute atomic E-state index is 12.4. The molecule has 0 heterocycles. The summed E-state index contributed by atoms with van der Waals surface area (Å²) in [5, 5.41) is 8.93. The number of hydrogen-bond acceptors (Lipinski definition) is 2. The first-order valence-electron chi connectivity index (χ1n) is 6.60. The highest BCUT2D eigenvalue weighted by Gasteiger charge is 2.11. The van der Waals surface area contributed by atoms with E-state index in [9.17, 15) is 8.78 Å². The average molecular weight is 287 g/mol. The first kappa shape index (κ1) is 15.0. The molecular formula is C17H15F2NO. The fraction of sp³-hybridized carbons (Fsp3) is 0.235. The van der Waals surface area contributed by atoms with Gasteiger partial charge in [0.25, 0.3) is 0 Å². The van der Waals surface area contributed by atoms with Crippen LogP contribution in [0.25, 0.3) is 11.1 Å². The van der Waals surface area contributed by atoms with E-state index in [0.29, 0.717) is 5.92 Å². The highest BCUT2D eigenvalue weighted by molar-refractivity contribution is 5.68. The van der Waals surface area contributed by atoms with Gasteiger partial charge in [-0.25, -0.2) is 0 Å². The van der Waals surface area contributed by atoms with Crippen LogP contribution in [0.5, 0.6) is 5.75 Å². The van der Waals surface area contributed by atoms with Crippen LogP contribution in [0.3, 0.4) is 0 Å². The molecule has 2 nitrogen and oxygen atoms in total. The minimum Gasteiger partial charge on any atom is -0.433 e. The molecule has 0 N–H and O–H groups in total. The number of alkyl halides is 2. The maximum atomic E-state index is 12.4. The van der Waals surface area contributed by atoms with Crippen LogP contribution in [0.4, 0.5) is 8.78 Å². The van der Waals surface area contributed by atoms with Crippen molar-refractivity contribution < 1.29 is 13.5 Å². The highest BCUT2D eigenvalue weighted by Crippen LogP contribution is 2.29. The van der Waals surface area contributed by atoms with Crippen molar-refractivity contribution in [3.8, 4) is 22.9 Å². The number of nitriles is 1. The Morgan fingerprint density at radius 2 is 1.76 bits per heavy atom. The van der Waals surface area contributed by atoms with E-state index in [2.05, 4.69) is 18.6 Å². The molecular weight excluding hydrogens is 272 g/mol.